The van der Waals surface area contributed by atoms with Crippen molar-refractivity contribution in [2.24, 2.45) is 11.8 Å². The van der Waals surface area contributed by atoms with E-state index >= 15 is 0 Å². The van der Waals surface area contributed by atoms with Crippen LogP contribution in [-0.4, -0.2) is 36.6 Å². The van der Waals surface area contributed by atoms with E-state index in [2.05, 4.69) is 5.32 Å². The summed E-state index contributed by atoms with van der Waals surface area (Å²) in [5.41, 5.74) is 1.03. The summed E-state index contributed by atoms with van der Waals surface area (Å²) >= 11 is 6.34. The fourth-order valence-corrected chi connectivity index (χ4v) is 4.54. The lowest BCUT2D eigenvalue weighted by molar-refractivity contribution is -0.149. The van der Waals surface area contributed by atoms with Crippen molar-refractivity contribution >= 4 is 23.6 Å². The maximum Gasteiger partial charge on any atom is 0.317 e. The predicted molar refractivity (Wildman–Crippen MR) is 106 cm³/mol. The fourth-order valence-electron chi connectivity index (χ4n) is 4.27. The Morgan fingerprint density at radius 3 is 2.63 bits per heavy atom. The first-order valence-corrected chi connectivity index (χ1v) is 10.4. The number of hydrogen-bond acceptors (Lipinski definition) is 3. The Balaban J connectivity index is 1.48. The number of ether oxygens (including phenoxy) is 1. The quantitative estimate of drug-likeness (QED) is 0.747. The highest BCUT2D eigenvalue weighted by Crippen LogP contribution is 2.35. The Bertz CT molecular complexity index is 659. The van der Waals surface area contributed by atoms with Crippen molar-refractivity contribution in [1.29, 1.82) is 0 Å². The molecule has 1 aliphatic carbocycles. The summed E-state index contributed by atoms with van der Waals surface area (Å²) in [6.45, 7) is 3.71. The minimum Gasteiger partial charge on any atom is -0.466 e. The summed E-state index contributed by atoms with van der Waals surface area (Å²) in [5.74, 6) is 0.390. The number of benzene rings is 1. The van der Waals surface area contributed by atoms with E-state index in [0.29, 0.717) is 19.1 Å². The Hall–Kier alpha value is -1.75. The summed E-state index contributed by atoms with van der Waals surface area (Å²) in [7, 11) is 0. The maximum atomic E-state index is 12.7. The molecule has 0 bridgehead atoms. The molecule has 1 N–H and O–H groups in total. The zero-order valence-corrected chi connectivity index (χ0v) is 16.7. The largest absolute Gasteiger partial charge is 0.466 e. The van der Waals surface area contributed by atoms with Crippen LogP contribution in [0, 0.1) is 11.8 Å². The highest BCUT2D eigenvalue weighted by atomic mass is 35.5. The van der Waals surface area contributed by atoms with E-state index in [1.54, 1.807) is 0 Å². The molecule has 1 unspecified atom stereocenters. The van der Waals surface area contributed by atoms with Gasteiger partial charge in [0.05, 0.1) is 18.6 Å². The van der Waals surface area contributed by atoms with Crippen LogP contribution in [0.5, 0.6) is 0 Å². The van der Waals surface area contributed by atoms with Crippen LogP contribution in [0.4, 0.5) is 4.79 Å². The van der Waals surface area contributed by atoms with Gasteiger partial charge in [0.1, 0.15) is 0 Å². The van der Waals surface area contributed by atoms with Crippen molar-refractivity contribution in [3.63, 3.8) is 0 Å². The topological polar surface area (TPSA) is 58.6 Å². The smallest absolute Gasteiger partial charge is 0.317 e. The predicted octanol–water partition coefficient (Wildman–Crippen LogP) is 4.56. The second-order valence-corrected chi connectivity index (χ2v) is 7.94. The standard InChI is InChI=1S/C21H29ClN2O3/c1-2-27-20(25)16-11-9-15(10-12-16)14-23-21(26)24-13-5-8-19(24)17-6-3-4-7-18(17)22/h3-4,6-7,15-16,19H,2,5,8-14H2,1H3,(H,23,26). The average molecular weight is 393 g/mol. The summed E-state index contributed by atoms with van der Waals surface area (Å²) in [6, 6.07) is 7.82. The molecule has 0 spiro atoms. The summed E-state index contributed by atoms with van der Waals surface area (Å²) < 4.78 is 5.12. The van der Waals surface area contributed by atoms with Crippen LogP contribution in [0.2, 0.25) is 5.02 Å². The van der Waals surface area contributed by atoms with E-state index in [1.165, 1.54) is 0 Å². The van der Waals surface area contributed by atoms with Gasteiger partial charge >= 0.3 is 12.0 Å². The monoisotopic (exact) mass is 392 g/mol. The first-order valence-electron chi connectivity index (χ1n) is 10.1. The number of esters is 1. The Labute approximate surface area is 166 Å². The van der Waals surface area contributed by atoms with Crippen LogP contribution >= 0.6 is 11.6 Å². The molecule has 2 aliphatic rings. The highest BCUT2D eigenvalue weighted by Gasteiger charge is 2.32. The lowest BCUT2D eigenvalue weighted by atomic mass is 9.82. The van der Waals surface area contributed by atoms with Gasteiger partial charge in [-0.15, -0.1) is 0 Å². The van der Waals surface area contributed by atoms with Crippen molar-refractivity contribution in [3.8, 4) is 0 Å². The first kappa shape index (κ1) is 20.0. The van der Waals surface area contributed by atoms with Crippen LogP contribution in [0.1, 0.15) is 57.1 Å². The number of nitrogens with one attached hydrogen (secondary N) is 1. The number of amides is 2. The van der Waals surface area contributed by atoms with Crippen LogP contribution in [0.3, 0.4) is 0 Å². The van der Waals surface area contributed by atoms with Crippen LogP contribution in [0.15, 0.2) is 24.3 Å². The molecule has 27 heavy (non-hydrogen) atoms. The van der Waals surface area contributed by atoms with Gasteiger partial charge in [-0.2, -0.15) is 0 Å². The number of likely N-dealkylation sites (tertiary alicyclic amines) is 1. The molecule has 6 heteroatoms. The van der Waals surface area contributed by atoms with Gasteiger partial charge in [0.15, 0.2) is 0 Å². The van der Waals surface area contributed by atoms with Gasteiger partial charge in [0.2, 0.25) is 0 Å². The molecule has 1 heterocycles. The van der Waals surface area contributed by atoms with E-state index in [0.717, 1.165) is 55.7 Å². The molecule has 0 radical (unpaired) electrons. The van der Waals surface area contributed by atoms with Gasteiger partial charge < -0.3 is 15.0 Å². The van der Waals surface area contributed by atoms with Crippen molar-refractivity contribution in [3.05, 3.63) is 34.9 Å². The molecule has 1 aromatic rings. The van der Waals surface area contributed by atoms with Crippen molar-refractivity contribution in [2.45, 2.75) is 51.5 Å². The second kappa shape index (κ2) is 9.45. The molecule has 2 fully saturated rings. The number of nitrogens with zero attached hydrogens (tertiary/aromatic N) is 1. The van der Waals surface area contributed by atoms with E-state index < -0.39 is 0 Å². The molecular weight excluding hydrogens is 364 g/mol. The van der Waals surface area contributed by atoms with Crippen molar-refractivity contribution < 1.29 is 14.3 Å². The minimum atomic E-state index is -0.0698. The normalized spacial score (nSPS) is 25.3. The minimum absolute atomic E-state index is 0.00932. The third kappa shape index (κ3) is 4.95. The molecule has 148 valence electrons. The van der Waals surface area contributed by atoms with Crippen LogP contribution < -0.4 is 5.32 Å². The number of carbonyl (C=O) groups excluding carboxylic acids is 2. The van der Waals surface area contributed by atoms with E-state index in [-0.39, 0.29) is 24.0 Å². The van der Waals surface area contributed by atoms with Crippen molar-refractivity contribution in [2.75, 3.05) is 19.7 Å². The molecule has 3 rings (SSSR count). The van der Waals surface area contributed by atoms with Gasteiger partial charge in [-0.1, -0.05) is 29.8 Å². The van der Waals surface area contributed by atoms with Gasteiger partial charge in [0.25, 0.3) is 0 Å². The number of urea groups is 1. The number of rotatable bonds is 5. The Kier molecular flexibility index (Phi) is 7.00. The third-order valence-corrected chi connectivity index (χ3v) is 6.13. The van der Waals surface area contributed by atoms with E-state index in [4.69, 9.17) is 16.3 Å². The zero-order chi connectivity index (χ0) is 19.2. The molecule has 1 aromatic carbocycles. The first-order chi connectivity index (χ1) is 13.1. The second-order valence-electron chi connectivity index (χ2n) is 7.53. The molecule has 0 aromatic heterocycles. The van der Waals surface area contributed by atoms with E-state index in [1.807, 2.05) is 36.1 Å². The van der Waals surface area contributed by atoms with Gasteiger partial charge in [-0.25, -0.2) is 4.79 Å². The molecule has 1 saturated heterocycles. The van der Waals surface area contributed by atoms with Crippen LogP contribution in [-0.2, 0) is 9.53 Å². The molecule has 1 atom stereocenters. The number of carbonyl (C=O) groups is 2. The van der Waals surface area contributed by atoms with Gasteiger partial charge in [-0.05, 0) is 63.0 Å². The Morgan fingerprint density at radius 1 is 1.19 bits per heavy atom. The zero-order valence-electron chi connectivity index (χ0n) is 16.0. The summed E-state index contributed by atoms with van der Waals surface area (Å²) in [4.78, 5) is 26.5. The van der Waals surface area contributed by atoms with E-state index in [9.17, 15) is 9.59 Å². The molecular formula is C21H29ClN2O3. The summed E-state index contributed by atoms with van der Waals surface area (Å²) in [6.07, 6.45) is 5.56. The number of halogens is 1. The third-order valence-electron chi connectivity index (χ3n) is 5.79. The lowest BCUT2D eigenvalue weighted by Crippen LogP contribution is -2.42. The Morgan fingerprint density at radius 2 is 1.93 bits per heavy atom. The van der Waals surface area contributed by atoms with Gasteiger partial charge in [-0.3, -0.25) is 4.79 Å². The number of hydrogen-bond donors (Lipinski definition) is 1. The van der Waals surface area contributed by atoms with Crippen molar-refractivity contribution in [1.82, 2.24) is 10.2 Å². The fraction of sp³-hybridized carbons (Fsp3) is 0.619. The molecule has 2 amide bonds. The molecule has 1 saturated carbocycles. The summed E-state index contributed by atoms with van der Waals surface area (Å²) in [5, 5.41) is 3.83. The lowest BCUT2D eigenvalue weighted by Gasteiger charge is -2.29. The molecule has 1 aliphatic heterocycles. The highest BCUT2D eigenvalue weighted by molar-refractivity contribution is 6.31. The average Bonchev–Trinajstić information content (AvgIpc) is 3.17. The maximum absolute atomic E-state index is 12.7. The van der Waals surface area contributed by atoms with Gasteiger partial charge in [0, 0.05) is 18.1 Å². The molecule has 5 nitrogen and oxygen atoms in total. The SMILES string of the molecule is CCOC(=O)C1CCC(CNC(=O)N2CCCC2c2ccccc2Cl)CC1. The van der Waals surface area contributed by atoms with Crippen LogP contribution in [0.25, 0.3) is 0 Å².